The first-order chi connectivity index (χ1) is 12.7. The Hall–Kier alpha value is -2.25. The second-order valence-corrected chi connectivity index (χ2v) is 7.05. The molecule has 0 spiro atoms. The van der Waals surface area contributed by atoms with E-state index in [2.05, 4.69) is 10.2 Å². The van der Waals surface area contributed by atoms with Crippen molar-refractivity contribution in [2.24, 2.45) is 0 Å². The van der Waals surface area contributed by atoms with E-state index in [4.69, 9.17) is 9.47 Å². The molecule has 4 rings (SSSR count). The van der Waals surface area contributed by atoms with Crippen molar-refractivity contribution in [1.82, 2.24) is 19.7 Å². The fraction of sp³-hybridized carbons (Fsp3) is 0.526. The van der Waals surface area contributed by atoms with Crippen LogP contribution in [-0.4, -0.2) is 64.1 Å². The topological polar surface area (TPSA) is 69.5 Å². The highest BCUT2D eigenvalue weighted by Crippen LogP contribution is 2.43. The van der Waals surface area contributed by atoms with Crippen LogP contribution >= 0.6 is 0 Å². The molecule has 1 amide bonds. The third-order valence-corrected chi connectivity index (χ3v) is 5.97. The minimum absolute atomic E-state index is 0.0231. The van der Waals surface area contributed by atoms with Crippen molar-refractivity contribution in [2.45, 2.75) is 43.4 Å². The Balaban J connectivity index is 1.67. The molecule has 7 nitrogen and oxygen atoms in total. The average Bonchev–Trinajstić information content (AvgIpc) is 3.35. The number of benzene rings is 1. The van der Waals surface area contributed by atoms with Crippen molar-refractivity contribution in [3.05, 3.63) is 42.5 Å². The lowest BCUT2D eigenvalue weighted by Crippen LogP contribution is -2.53. The maximum absolute atomic E-state index is 13.4. The summed E-state index contributed by atoms with van der Waals surface area (Å²) in [6.45, 7) is 0.699. The number of para-hydroxylation sites is 1. The van der Waals surface area contributed by atoms with Gasteiger partial charge in [-0.15, -0.1) is 10.2 Å². The number of carbonyl (C=O) groups is 1. The lowest BCUT2D eigenvalue weighted by Gasteiger charge is -2.43. The fourth-order valence-corrected chi connectivity index (χ4v) is 4.48. The van der Waals surface area contributed by atoms with Crippen LogP contribution in [0.25, 0.3) is 5.69 Å². The number of likely N-dealkylation sites (tertiary alicyclic amines) is 1. The van der Waals surface area contributed by atoms with Crippen molar-refractivity contribution in [1.29, 1.82) is 0 Å². The maximum atomic E-state index is 13.4. The molecule has 138 valence electrons. The summed E-state index contributed by atoms with van der Waals surface area (Å²) in [5.41, 5.74) is 1.19. The number of ether oxygens (including phenoxy) is 2. The number of methoxy groups -OCH3 is 2. The highest BCUT2D eigenvalue weighted by atomic mass is 16.5. The number of rotatable bonds is 4. The zero-order valence-corrected chi connectivity index (χ0v) is 15.2. The molecule has 0 bridgehead atoms. The number of amides is 1. The molecule has 3 atom stereocenters. The van der Waals surface area contributed by atoms with Crippen molar-refractivity contribution >= 4 is 5.91 Å². The third kappa shape index (κ3) is 2.71. The van der Waals surface area contributed by atoms with Crippen molar-refractivity contribution in [2.75, 3.05) is 20.8 Å². The van der Waals surface area contributed by atoms with E-state index >= 15 is 0 Å². The van der Waals surface area contributed by atoms with Crippen molar-refractivity contribution < 1.29 is 14.3 Å². The molecule has 26 heavy (non-hydrogen) atoms. The van der Waals surface area contributed by atoms with Crippen LogP contribution in [0.3, 0.4) is 0 Å². The van der Waals surface area contributed by atoms with Gasteiger partial charge in [-0.05, 0) is 37.8 Å². The second-order valence-electron chi connectivity index (χ2n) is 7.05. The van der Waals surface area contributed by atoms with Crippen LogP contribution in [-0.2, 0) is 9.47 Å². The van der Waals surface area contributed by atoms with Crippen LogP contribution < -0.4 is 0 Å². The Labute approximate surface area is 152 Å². The molecule has 1 aliphatic carbocycles. The standard InChI is InChI=1S/C19H24N4O3/c1-25-14-7-8-19(26-2)9-10-23(17(19)11-14)18(24)15-5-3-4-6-16(15)22-12-20-21-13-22/h3-6,12-14,17H,7-11H2,1-2H3/t14-,17-,19+/m0/s1. The number of hydrogen-bond donors (Lipinski definition) is 0. The van der Waals surface area contributed by atoms with Gasteiger partial charge in [0, 0.05) is 20.8 Å². The summed E-state index contributed by atoms with van der Waals surface area (Å²) in [5.74, 6) is 0.0231. The summed E-state index contributed by atoms with van der Waals surface area (Å²) in [5, 5.41) is 7.72. The van der Waals surface area contributed by atoms with E-state index in [1.807, 2.05) is 29.2 Å². The first kappa shape index (κ1) is 17.2. The monoisotopic (exact) mass is 356 g/mol. The molecule has 1 saturated carbocycles. The van der Waals surface area contributed by atoms with E-state index in [0.717, 1.165) is 31.4 Å². The van der Waals surface area contributed by atoms with Crippen LogP contribution in [0, 0.1) is 0 Å². The SMILES string of the molecule is CO[C@H]1CC[C@@]2(OC)CCN(C(=O)c3ccccc3-n3cnnc3)[C@H]2C1. The minimum atomic E-state index is -0.254. The third-order valence-electron chi connectivity index (χ3n) is 5.97. The highest BCUT2D eigenvalue weighted by Gasteiger charge is 2.52. The van der Waals surface area contributed by atoms with Gasteiger partial charge < -0.3 is 14.4 Å². The predicted octanol–water partition coefficient (Wildman–Crippen LogP) is 2.07. The van der Waals surface area contributed by atoms with Gasteiger partial charge in [0.2, 0.25) is 0 Å². The molecular weight excluding hydrogens is 332 g/mol. The number of aromatic nitrogens is 3. The van der Waals surface area contributed by atoms with Crippen LogP contribution in [0.15, 0.2) is 36.9 Å². The largest absolute Gasteiger partial charge is 0.381 e. The first-order valence-corrected chi connectivity index (χ1v) is 9.01. The van der Waals surface area contributed by atoms with E-state index in [1.165, 1.54) is 0 Å². The molecule has 0 radical (unpaired) electrons. The van der Waals surface area contributed by atoms with E-state index in [9.17, 15) is 4.79 Å². The summed E-state index contributed by atoms with van der Waals surface area (Å²) >= 11 is 0. The van der Waals surface area contributed by atoms with Gasteiger partial charge in [-0.3, -0.25) is 9.36 Å². The summed E-state index contributed by atoms with van der Waals surface area (Å²) in [6.07, 6.45) is 6.96. The summed E-state index contributed by atoms with van der Waals surface area (Å²) in [4.78, 5) is 15.4. The second kappa shape index (κ2) is 6.81. The lowest BCUT2D eigenvalue weighted by atomic mass is 9.79. The van der Waals surface area contributed by atoms with Crippen LogP contribution in [0.5, 0.6) is 0 Å². The quantitative estimate of drug-likeness (QED) is 0.839. The number of fused-ring (bicyclic) bond motifs is 1. The van der Waals surface area contributed by atoms with Crippen LogP contribution in [0.4, 0.5) is 0 Å². The first-order valence-electron chi connectivity index (χ1n) is 9.01. The summed E-state index contributed by atoms with van der Waals surface area (Å²) in [6, 6.07) is 7.61. The van der Waals surface area contributed by atoms with Crippen molar-refractivity contribution in [3.63, 3.8) is 0 Å². The van der Waals surface area contributed by atoms with Crippen LogP contribution in [0.1, 0.15) is 36.0 Å². The highest BCUT2D eigenvalue weighted by molar-refractivity contribution is 5.98. The predicted molar refractivity (Wildman–Crippen MR) is 95.2 cm³/mol. The minimum Gasteiger partial charge on any atom is -0.381 e. The molecule has 0 unspecified atom stereocenters. The summed E-state index contributed by atoms with van der Waals surface area (Å²) < 4.78 is 13.3. The Kier molecular flexibility index (Phi) is 4.50. The van der Waals surface area contributed by atoms with Gasteiger partial charge in [-0.1, -0.05) is 12.1 Å². The van der Waals surface area contributed by atoms with Gasteiger partial charge in [0.25, 0.3) is 5.91 Å². The van der Waals surface area contributed by atoms with Gasteiger partial charge in [-0.2, -0.15) is 0 Å². The molecule has 1 saturated heterocycles. The Morgan fingerprint density at radius 3 is 2.69 bits per heavy atom. The molecule has 0 N–H and O–H groups in total. The molecule has 7 heteroatoms. The molecule has 2 heterocycles. The van der Waals surface area contributed by atoms with Gasteiger partial charge in [0.05, 0.1) is 29.0 Å². The van der Waals surface area contributed by atoms with Gasteiger partial charge in [0.15, 0.2) is 0 Å². The van der Waals surface area contributed by atoms with Gasteiger partial charge in [-0.25, -0.2) is 0 Å². The van der Waals surface area contributed by atoms with Gasteiger partial charge in [0.1, 0.15) is 12.7 Å². The zero-order chi connectivity index (χ0) is 18.1. The maximum Gasteiger partial charge on any atom is 0.256 e. The lowest BCUT2D eigenvalue weighted by molar-refractivity contribution is -0.0893. The Morgan fingerprint density at radius 2 is 1.96 bits per heavy atom. The molecular formula is C19H24N4O3. The van der Waals surface area contributed by atoms with Crippen LogP contribution in [0.2, 0.25) is 0 Å². The molecule has 2 fully saturated rings. The van der Waals surface area contributed by atoms with Gasteiger partial charge >= 0.3 is 0 Å². The molecule has 1 aliphatic heterocycles. The zero-order valence-electron chi connectivity index (χ0n) is 15.2. The molecule has 1 aromatic heterocycles. The Morgan fingerprint density at radius 1 is 1.19 bits per heavy atom. The number of carbonyl (C=O) groups excluding carboxylic acids is 1. The molecule has 1 aromatic carbocycles. The normalized spacial score (nSPS) is 28.2. The molecule has 2 aliphatic rings. The average molecular weight is 356 g/mol. The Bertz CT molecular complexity index is 779. The van der Waals surface area contributed by atoms with Crippen molar-refractivity contribution in [3.8, 4) is 5.69 Å². The van der Waals surface area contributed by atoms with E-state index in [1.54, 1.807) is 31.4 Å². The van der Waals surface area contributed by atoms with E-state index < -0.39 is 0 Å². The molecule has 2 aromatic rings. The van der Waals surface area contributed by atoms with E-state index in [0.29, 0.717) is 12.1 Å². The van der Waals surface area contributed by atoms with E-state index in [-0.39, 0.29) is 23.7 Å². The fourth-order valence-electron chi connectivity index (χ4n) is 4.48. The number of nitrogens with zero attached hydrogens (tertiary/aromatic N) is 4. The summed E-state index contributed by atoms with van der Waals surface area (Å²) in [7, 11) is 3.51. The number of hydrogen-bond acceptors (Lipinski definition) is 5. The smallest absolute Gasteiger partial charge is 0.256 e.